The summed E-state index contributed by atoms with van der Waals surface area (Å²) in [5, 5.41) is 0. The monoisotopic (exact) mass is 520 g/mol. The van der Waals surface area contributed by atoms with Gasteiger partial charge in [0.05, 0.1) is 27.4 Å². The van der Waals surface area contributed by atoms with E-state index in [4.69, 9.17) is 24.1 Å². The second kappa shape index (κ2) is 13.6. The molecular formula is C26H36N2O7S. The second-order valence-electron chi connectivity index (χ2n) is 8.95. The summed E-state index contributed by atoms with van der Waals surface area (Å²) in [5.74, 6) is 0.791. The van der Waals surface area contributed by atoms with Gasteiger partial charge in [0, 0.05) is 13.1 Å². The Morgan fingerprint density at radius 2 is 1.83 bits per heavy atom. The van der Waals surface area contributed by atoms with E-state index in [9.17, 15) is 13.2 Å². The first-order valence-corrected chi connectivity index (χ1v) is 13.6. The molecule has 0 spiro atoms. The van der Waals surface area contributed by atoms with Crippen LogP contribution in [0.3, 0.4) is 0 Å². The van der Waals surface area contributed by atoms with E-state index >= 15 is 0 Å². The van der Waals surface area contributed by atoms with Crippen molar-refractivity contribution in [1.82, 2.24) is 4.90 Å². The maximum atomic E-state index is 12.3. The number of hydrogen-bond donors (Lipinski definition) is 1. The molecule has 2 atom stereocenters. The molecule has 1 saturated heterocycles. The van der Waals surface area contributed by atoms with E-state index < -0.39 is 22.1 Å². The van der Waals surface area contributed by atoms with Crippen LogP contribution in [0.5, 0.6) is 11.5 Å². The standard InChI is InChI=1S/C26H36N2O7S/c1-32-24-10-9-21(16-25(24)33-2)15-23(27)26(29)34-14-6-12-28-13-11-22(17-28)18-35-36(30,31)19-20-7-4-3-5-8-20/h3-5,7-10,16,22-23H,6,11-15,17-19,27H2,1-2H3/t22?,23-/m0/s1. The number of ether oxygens (including phenoxy) is 3. The molecule has 36 heavy (non-hydrogen) atoms. The van der Waals surface area contributed by atoms with Gasteiger partial charge in [-0.2, -0.15) is 8.42 Å². The van der Waals surface area contributed by atoms with Crippen molar-refractivity contribution in [3.05, 3.63) is 59.7 Å². The molecule has 2 N–H and O–H groups in total. The predicted molar refractivity (Wildman–Crippen MR) is 136 cm³/mol. The lowest BCUT2D eigenvalue weighted by Crippen LogP contribution is -2.35. The maximum Gasteiger partial charge on any atom is 0.323 e. The molecule has 1 aliphatic heterocycles. The van der Waals surface area contributed by atoms with Gasteiger partial charge in [0.1, 0.15) is 11.8 Å². The summed E-state index contributed by atoms with van der Waals surface area (Å²) in [6, 6.07) is 13.7. The summed E-state index contributed by atoms with van der Waals surface area (Å²) in [4.78, 5) is 14.5. The molecule has 0 radical (unpaired) electrons. The van der Waals surface area contributed by atoms with Crippen LogP contribution in [0, 0.1) is 5.92 Å². The molecule has 10 heteroatoms. The first-order chi connectivity index (χ1) is 17.3. The minimum atomic E-state index is -3.61. The summed E-state index contributed by atoms with van der Waals surface area (Å²) in [5.41, 5.74) is 7.60. The van der Waals surface area contributed by atoms with Gasteiger partial charge in [0.25, 0.3) is 10.1 Å². The van der Waals surface area contributed by atoms with Crippen LogP contribution in [0.15, 0.2) is 48.5 Å². The highest BCUT2D eigenvalue weighted by Crippen LogP contribution is 2.28. The summed E-state index contributed by atoms with van der Waals surface area (Å²) in [6.45, 7) is 2.84. The molecule has 0 saturated carbocycles. The third-order valence-electron chi connectivity index (χ3n) is 6.11. The summed E-state index contributed by atoms with van der Waals surface area (Å²) < 4.78 is 45.6. The van der Waals surface area contributed by atoms with Crippen LogP contribution < -0.4 is 15.2 Å². The summed E-state index contributed by atoms with van der Waals surface area (Å²) in [7, 11) is -0.491. The molecule has 1 fully saturated rings. The second-order valence-corrected chi connectivity index (χ2v) is 10.6. The predicted octanol–water partition coefficient (Wildman–Crippen LogP) is 2.38. The van der Waals surface area contributed by atoms with Crippen LogP contribution >= 0.6 is 0 Å². The number of likely N-dealkylation sites (tertiary alicyclic amines) is 1. The minimum absolute atomic E-state index is 0.121. The molecule has 1 heterocycles. The molecule has 9 nitrogen and oxygen atoms in total. The Balaban J connectivity index is 1.31. The number of nitrogens with two attached hydrogens (primary N) is 1. The van der Waals surface area contributed by atoms with Gasteiger partial charge in [-0.05, 0) is 55.0 Å². The zero-order valence-electron chi connectivity index (χ0n) is 20.9. The minimum Gasteiger partial charge on any atom is -0.493 e. The van der Waals surface area contributed by atoms with Gasteiger partial charge in [0.15, 0.2) is 11.5 Å². The molecule has 0 aromatic heterocycles. The number of carbonyl (C=O) groups is 1. The quantitative estimate of drug-likeness (QED) is 0.228. The average molecular weight is 521 g/mol. The highest BCUT2D eigenvalue weighted by molar-refractivity contribution is 7.85. The Kier molecular flexibility index (Phi) is 10.5. The van der Waals surface area contributed by atoms with E-state index in [1.54, 1.807) is 38.5 Å². The van der Waals surface area contributed by atoms with E-state index in [0.717, 1.165) is 31.6 Å². The summed E-state index contributed by atoms with van der Waals surface area (Å²) in [6.07, 6.45) is 1.88. The number of hydrogen-bond acceptors (Lipinski definition) is 9. The van der Waals surface area contributed by atoms with Gasteiger partial charge >= 0.3 is 5.97 Å². The lowest BCUT2D eigenvalue weighted by molar-refractivity contribution is -0.145. The van der Waals surface area contributed by atoms with E-state index in [2.05, 4.69) is 4.90 Å². The zero-order valence-corrected chi connectivity index (χ0v) is 21.7. The molecule has 0 aliphatic carbocycles. The topological polar surface area (TPSA) is 117 Å². The highest BCUT2D eigenvalue weighted by atomic mass is 32.2. The van der Waals surface area contributed by atoms with Gasteiger partial charge in [-0.15, -0.1) is 0 Å². The number of carbonyl (C=O) groups excluding carboxylic acids is 1. The van der Waals surface area contributed by atoms with Crippen molar-refractivity contribution in [1.29, 1.82) is 0 Å². The van der Waals surface area contributed by atoms with E-state index in [1.807, 2.05) is 24.3 Å². The smallest absolute Gasteiger partial charge is 0.323 e. The van der Waals surface area contributed by atoms with Gasteiger partial charge in [-0.1, -0.05) is 36.4 Å². The molecule has 1 unspecified atom stereocenters. The van der Waals surface area contributed by atoms with Crippen molar-refractivity contribution in [2.45, 2.75) is 31.1 Å². The van der Waals surface area contributed by atoms with Gasteiger partial charge in [-0.25, -0.2) is 0 Å². The largest absolute Gasteiger partial charge is 0.493 e. The van der Waals surface area contributed by atoms with Crippen LogP contribution in [-0.2, 0) is 36.0 Å². The number of rotatable bonds is 14. The van der Waals surface area contributed by atoms with Gasteiger partial charge in [0.2, 0.25) is 0 Å². The normalized spacial score (nSPS) is 17.0. The highest BCUT2D eigenvalue weighted by Gasteiger charge is 2.25. The SMILES string of the molecule is COc1ccc(C[C@H](N)C(=O)OCCCN2CCC(COS(=O)(=O)Cc3ccccc3)C2)cc1OC. The fourth-order valence-corrected chi connectivity index (χ4v) is 5.27. The molecule has 2 aromatic rings. The molecule has 198 valence electrons. The number of esters is 1. The maximum absolute atomic E-state index is 12.3. The average Bonchev–Trinajstić information content (AvgIpc) is 3.33. The van der Waals surface area contributed by atoms with Crippen LogP contribution in [0.1, 0.15) is 24.0 Å². The number of benzene rings is 2. The molecule has 3 rings (SSSR count). The van der Waals surface area contributed by atoms with Gasteiger partial charge < -0.3 is 24.8 Å². The first-order valence-electron chi connectivity index (χ1n) is 12.1. The van der Waals surface area contributed by atoms with Gasteiger partial charge in [-0.3, -0.25) is 8.98 Å². The van der Waals surface area contributed by atoms with Crippen molar-refractivity contribution in [3.8, 4) is 11.5 Å². The molecule has 0 amide bonds. The Morgan fingerprint density at radius 3 is 2.56 bits per heavy atom. The van der Waals surface area contributed by atoms with E-state index in [-0.39, 0.29) is 24.9 Å². The van der Waals surface area contributed by atoms with E-state index in [1.165, 1.54) is 0 Å². The molecular weight excluding hydrogens is 484 g/mol. The number of methoxy groups -OCH3 is 2. The molecule has 1 aliphatic rings. The first kappa shape index (κ1) is 27.9. The van der Waals surface area contributed by atoms with Crippen molar-refractivity contribution < 1.29 is 31.6 Å². The van der Waals surface area contributed by atoms with Crippen molar-refractivity contribution in [3.63, 3.8) is 0 Å². The van der Waals surface area contributed by atoms with E-state index in [0.29, 0.717) is 29.9 Å². The van der Waals surface area contributed by atoms with Crippen LogP contribution in [0.4, 0.5) is 0 Å². The fraction of sp³-hybridized carbons (Fsp3) is 0.500. The summed E-state index contributed by atoms with van der Waals surface area (Å²) >= 11 is 0. The van der Waals surface area contributed by atoms with Crippen LogP contribution in [0.2, 0.25) is 0 Å². The molecule has 2 aromatic carbocycles. The third kappa shape index (κ3) is 8.77. The Morgan fingerprint density at radius 1 is 1.08 bits per heavy atom. The lowest BCUT2D eigenvalue weighted by atomic mass is 10.1. The van der Waals surface area contributed by atoms with Crippen LogP contribution in [-0.4, -0.2) is 72.4 Å². The number of nitrogens with zero attached hydrogens (tertiary/aromatic N) is 1. The Labute approximate surface area is 213 Å². The fourth-order valence-electron chi connectivity index (χ4n) is 4.18. The van der Waals surface area contributed by atoms with Crippen molar-refractivity contribution in [2.75, 3.05) is 47.1 Å². The zero-order chi connectivity index (χ0) is 26.0. The Bertz CT molecular complexity index is 1080. The third-order valence-corrected chi connectivity index (χ3v) is 7.29. The van der Waals surface area contributed by atoms with Crippen molar-refractivity contribution >= 4 is 16.1 Å². The Hall–Kier alpha value is -2.66. The lowest BCUT2D eigenvalue weighted by Gasteiger charge is -2.17. The van der Waals surface area contributed by atoms with Crippen molar-refractivity contribution in [2.24, 2.45) is 11.7 Å². The van der Waals surface area contributed by atoms with Crippen LogP contribution in [0.25, 0.3) is 0 Å². The molecule has 0 bridgehead atoms.